The molecule has 5 N–H and O–H groups in total. The van der Waals surface area contributed by atoms with Gasteiger partial charge in [-0.1, -0.05) is 0 Å². The average Bonchev–Trinajstić information content (AvgIpc) is 3.02. The third-order valence-corrected chi connectivity index (χ3v) is 3.55. The molecule has 0 spiro atoms. The van der Waals surface area contributed by atoms with Crippen LogP contribution >= 0.6 is 0 Å². The van der Waals surface area contributed by atoms with E-state index in [4.69, 9.17) is 11.5 Å². The molecule has 9 heteroatoms. The molecule has 1 amide bonds. The summed E-state index contributed by atoms with van der Waals surface area (Å²) in [7, 11) is 0. The Morgan fingerprint density at radius 1 is 1.28 bits per heavy atom. The van der Waals surface area contributed by atoms with Crippen LogP contribution in [0.5, 0.6) is 0 Å². The smallest absolute Gasteiger partial charge is 0.182 e. The van der Waals surface area contributed by atoms with Crippen LogP contribution in [0.25, 0.3) is 11.2 Å². The van der Waals surface area contributed by atoms with E-state index in [1.807, 2.05) is 4.94 Å². The summed E-state index contributed by atoms with van der Waals surface area (Å²) < 4.78 is 0.512. The summed E-state index contributed by atoms with van der Waals surface area (Å²) in [6.45, 7) is 0. The zero-order valence-corrected chi connectivity index (χ0v) is 10.8. The maximum Gasteiger partial charge on any atom is 0.182 e. The number of nitrogens with zero attached hydrogens (tertiary/aromatic N) is 4. The van der Waals surface area contributed by atoms with Gasteiger partial charge in [0.1, 0.15) is 11.8 Å². The summed E-state index contributed by atoms with van der Waals surface area (Å²) in [5.74, 6) is 0.0394. The Morgan fingerprint density at radius 2 is 2.11 bits per heavy atom. The molecule has 0 aromatic carbocycles. The Balaban J connectivity index is 0.000000138. The Bertz CT molecular complexity index is 648. The number of amides is 1. The molecule has 3 heterocycles. The van der Waals surface area contributed by atoms with Crippen LogP contribution in [0.15, 0.2) is 23.8 Å². The molecule has 0 aliphatic carbocycles. The van der Waals surface area contributed by atoms with E-state index in [1.165, 1.54) is 12.7 Å². The monoisotopic (exact) mass is 311 g/mol. The number of nitrogens with two attached hydrogens (primary N) is 2. The average molecular weight is 310 g/mol. The first-order valence-corrected chi connectivity index (χ1v) is 6.62. The van der Waals surface area contributed by atoms with Gasteiger partial charge in [0.15, 0.2) is 11.5 Å². The number of fused-ring (bicyclic) bond motifs is 1. The maximum absolute atomic E-state index is 10.3. The Labute approximate surface area is 107 Å². The number of carbonyl (C=O) groups is 1. The Kier molecular flexibility index (Phi) is 3.66. The van der Waals surface area contributed by atoms with Gasteiger partial charge in [-0.15, -0.1) is 0 Å². The van der Waals surface area contributed by atoms with E-state index in [1.54, 1.807) is 6.20 Å². The van der Waals surface area contributed by atoms with Gasteiger partial charge >= 0.3 is 51.6 Å². The number of hydrogen-bond acceptors (Lipinski definition) is 6. The molecule has 0 fully saturated rings. The number of nitrogens with one attached hydrogen (secondary N) is 1. The minimum atomic E-state index is -0.394. The first-order chi connectivity index (χ1) is 8.68. The number of anilines is 1. The van der Waals surface area contributed by atoms with Crippen molar-refractivity contribution in [1.29, 1.82) is 0 Å². The molecule has 0 aliphatic heterocycles. The molecule has 0 saturated heterocycles. The van der Waals surface area contributed by atoms with Crippen LogP contribution in [0.4, 0.5) is 5.82 Å². The predicted octanol–water partition coefficient (Wildman–Crippen LogP) is -0.827. The number of carbonyl (C=O) groups excluding carboxylic acids is 1. The topological polar surface area (TPSA) is 136 Å². The van der Waals surface area contributed by atoms with Crippen molar-refractivity contribution in [3.05, 3.63) is 28.4 Å². The third-order valence-electron chi connectivity index (χ3n) is 1.90. The van der Waals surface area contributed by atoms with Crippen LogP contribution < -0.4 is 11.5 Å². The van der Waals surface area contributed by atoms with E-state index in [2.05, 4.69) is 24.9 Å². The number of aromatic nitrogens is 5. The molecule has 8 nitrogen and oxygen atoms in total. The zero-order chi connectivity index (χ0) is 13.0. The second kappa shape index (κ2) is 5.39. The largest absolute Gasteiger partial charge is 0.382 e. The minimum Gasteiger partial charge on any atom is -0.382 e. The fourth-order valence-corrected chi connectivity index (χ4v) is 2.15. The van der Waals surface area contributed by atoms with Gasteiger partial charge in [-0.2, -0.15) is 0 Å². The number of H-pyrrole nitrogens is 1. The van der Waals surface area contributed by atoms with Crippen molar-refractivity contribution in [2.24, 2.45) is 5.73 Å². The summed E-state index contributed by atoms with van der Waals surface area (Å²) in [6, 6.07) is 0. The van der Waals surface area contributed by atoms with Gasteiger partial charge in [0.2, 0.25) is 0 Å². The van der Waals surface area contributed by atoms with Crippen molar-refractivity contribution < 1.29 is 4.79 Å². The molecular formula is C9H9N7OSe. The second-order valence-electron chi connectivity index (χ2n) is 3.06. The van der Waals surface area contributed by atoms with Crippen molar-refractivity contribution >= 4 is 37.4 Å². The van der Waals surface area contributed by atoms with Crippen LogP contribution in [-0.4, -0.2) is 45.3 Å². The molecule has 3 aromatic rings. The standard InChI is InChI=1S/C5H5N5.C4H4N2OSe/c6-4-3-5(9-1-7-3)10-2-8-4;5-3(7)4-6-1-2-8-4/h1-2H,(H3,6,7,8,9,10);1-2H,(H2,5,7). The molecule has 0 aliphatic rings. The van der Waals surface area contributed by atoms with Crippen LogP contribution in [0.2, 0.25) is 0 Å². The number of nitrogen functional groups attached to an aromatic ring is 1. The van der Waals surface area contributed by atoms with E-state index >= 15 is 0 Å². The van der Waals surface area contributed by atoms with Crippen molar-refractivity contribution in [1.82, 2.24) is 24.9 Å². The van der Waals surface area contributed by atoms with Crippen molar-refractivity contribution in [3.8, 4) is 0 Å². The number of aromatic amines is 1. The molecule has 3 aromatic heterocycles. The molecule has 0 saturated carbocycles. The summed E-state index contributed by atoms with van der Waals surface area (Å²) in [6.07, 6.45) is 4.54. The molecule has 18 heavy (non-hydrogen) atoms. The zero-order valence-electron chi connectivity index (χ0n) is 9.07. The molecule has 0 bridgehead atoms. The molecule has 3 rings (SSSR count). The van der Waals surface area contributed by atoms with E-state index in [9.17, 15) is 4.79 Å². The van der Waals surface area contributed by atoms with Crippen LogP contribution in [0.3, 0.4) is 0 Å². The predicted molar refractivity (Wildman–Crippen MR) is 65.8 cm³/mol. The normalized spacial score (nSPS) is 9.78. The second-order valence-corrected chi connectivity index (χ2v) is 4.94. The first kappa shape index (κ1) is 12.2. The minimum absolute atomic E-state index is 0.103. The van der Waals surface area contributed by atoms with Crippen LogP contribution in [0.1, 0.15) is 9.36 Å². The molecule has 0 radical (unpaired) electrons. The molecule has 0 atom stereocenters. The third kappa shape index (κ3) is 2.70. The van der Waals surface area contributed by atoms with Crippen molar-refractivity contribution in [2.75, 3.05) is 5.73 Å². The van der Waals surface area contributed by atoms with Gasteiger partial charge in [0, 0.05) is 0 Å². The van der Waals surface area contributed by atoms with Gasteiger partial charge < -0.3 is 10.7 Å². The molecule has 92 valence electrons. The van der Waals surface area contributed by atoms with Crippen molar-refractivity contribution in [2.45, 2.75) is 0 Å². The van der Waals surface area contributed by atoms with E-state index in [-0.39, 0.29) is 14.5 Å². The fraction of sp³-hybridized carbons (Fsp3) is 0. The Hall–Kier alpha value is -2.25. The van der Waals surface area contributed by atoms with Crippen LogP contribution in [0, 0.1) is 0 Å². The maximum atomic E-state index is 10.3. The van der Waals surface area contributed by atoms with Gasteiger partial charge in [-0.25, -0.2) is 15.0 Å². The van der Waals surface area contributed by atoms with Crippen molar-refractivity contribution in [3.63, 3.8) is 0 Å². The van der Waals surface area contributed by atoms with Gasteiger partial charge in [0.05, 0.1) is 6.33 Å². The summed E-state index contributed by atoms with van der Waals surface area (Å²) >= 11 is 0.103. The number of hydrogen-bond donors (Lipinski definition) is 3. The van der Waals surface area contributed by atoms with Gasteiger partial charge in [-0.05, 0) is 0 Å². The van der Waals surface area contributed by atoms with E-state index < -0.39 is 5.91 Å². The summed E-state index contributed by atoms with van der Waals surface area (Å²) in [5.41, 5.74) is 11.7. The van der Waals surface area contributed by atoms with E-state index in [0.29, 0.717) is 21.5 Å². The van der Waals surface area contributed by atoms with E-state index in [0.717, 1.165) is 0 Å². The molecular weight excluding hydrogens is 301 g/mol. The number of rotatable bonds is 1. The molecule has 0 unspecified atom stereocenters. The van der Waals surface area contributed by atoms with Gasteiger partial charge in [-0.3, -0.25) is 0 Å². The SMILES string of the molecule is NC(=O)c1ncc[se]1.Nc1ncnc2nc[nH]c12. The summed E-state index contributed by atoms with van der Waals surface area (Å²) in [4.78, 5) is 30.2. The van der Waals surface area contributed by atoms with Crippen LogP contribution in [-0.2, 0) is 0 Å². The van der Waals surface area contributed by atoms with Gasteiger partial charge in [0.25, 0.3) is 0 Å². The Morgan fingerprint density at radius 3 is 2.67 bits per heavy atom. The number of primary amides is 1. The fourth-order valence-electron chi connectivity index (χ4n) is 1.13. The number of imidazole rings is 1. The summed E-state index contributed by atoms with van der Waals surface area (Å²) in [5, 5.41) is 0. The first-order valence-electron chi connectivity index (χ1n) is 4.77. The quantitative estimate of drug-likeness (QED) is 0.502.